The number of para-hydroxylation sites is 1. The van der Waals surface area contributed by atoms with Crippen LogP contribution in [-0.2, 0) is 17.4 Å². The van der Waals surface area contributed by atoms with Crippen molar-refractivity contribution < 1.29 is 22.7 Å². The van der Waals surface area contributed by atoms with Crippen LogP contribution in [-0.4, -0.2) is 13.0 Å². The summed E-state index contributed by atoms with van der Waals surface area (Å²) in [5.41, 5.74) is 0.299. The Kier molecular flexibility index (Phi) is 5.26. The third-order valence-electron chi connectivity index (χ3n) is 4.94. The molecule has 27 heavy (non-hydrogen) atoms. The van der Waals surface area contributed by atoms with Gasteiger partial charge in [-0.1, -0.05) is 30.3 Å². The zero-order chi connectivity index (χ0) is 19.6. The van der Waals surface area contributed by atoms with Crippen molar-refractivity contribution in [1.29, 1.82) is 0 Å². The monoisotopic (exact) mass is 375 g/mol. The number of ether oxygens (including phenoxy) is 1. The highest BCUT2D eigenvalue weighted by molar-refractivity contribution is 5.95. The number of halogens is 3. The second kappa shape index (κ2) is 7.47. The Labute approximate surface area is 155 Å². The van der Waals surface area contributed by atoms with Crippen molar-refractivity contribution in [1.82, 2.24) is 0 Å². The number of carbonyl (C=O) groups is 1. The van der Waals surface area contributed by atoms with E-state index in [0.717, 1.165) is 6.07 Å². The first kappa shape index (κ1) is 19.0. The molecule has 0 bridgehead atoms. The molecular formula is C21H20F3NO2. The quantitative estimate of drug-likeness (QED) is 0.748. The molecule has 0 aromatic heterocycles. The van der Waals surface area contributed by atoms with Crippen LogP contribution in [0.15, 0.2) is 55.1 Å². The maximum atomic E-state index is 13.6. The fourth-order valence-electron chi connectivity index (χ4n) is 3.71. The molecule has 1 N–H and O–H groups in total. The second-order valence-corrected chi connectivity index (χ2v) is 6.50. The smallest absolute Gasteiger partial charge is 0.416 e. The minimum absolute atomic E-state index is 0.0721. The Hall–Kier alpha value is -2.76. The maximum absolute atomic E-state index is 13.6. The Bertz CT molecular complexity index is 861. The Morgan fingerprint density at radius 1 is 1.22 bits per heavy atom. The van der Waals surface area contributed by atoms with Gasteiger partial charge in [0.2, 0.25) is 5.91 Å². The number of alkyl halides is 3. The minimum atomic E-state index is -4.50. The Morgan fingerprint density at radius 2 is 1.96 bits per heavy atom. The number of nitrogens with one attached hydrogen (secondary N) is 1. The Balaban J connectivity index is 2.19. The first-order chi connectivity index (χ1) is 12.9. The third-order valence-corrected chi connectivity index (χ3v) is 4.94. The van der Waals surface area contributed by atoms with Gasteiger partial charge in [0.05, 0.1) is 12.7 Å². The fourth-order valence-corrected chi connectivity index (χ4v) is 3.71. The highest BCUT2D eigenvalue weighted by Crippen LogP contribution is 2.44. The third kappa shape index (κ3) is 3.70. The van der Waals surface area contributed by atoms with Gasteiger partial charge in [-0.25, -0.2) is 0 Å². The van der Waals surface area contributed by atoms with Crippen LogP contribution >= 0.6 is 0 Å². The number of carbonyl (C=O) groups excluding carboxylic acids is 1. The molecule has 2 atom stereocenters. The maximum Gasteiger partial charge on any atom is 0.416 e. The topological polar surface area (TPSA) is 38.3 Å². The van der Waals surface area contributed by atoms with Crippen molar-refractivity contribution in [2.75, 3.05) is 12.4 Å². The molecule has 6 heteroatoms. The highest BCUT2D eigenvalue weighted by Gasteiger charge is 2.40. The summed E-state index contributed by atoms with van der Waals surface area (Å²) in [6.07, 6.45) is -2.46. The molecule has 2 aromatic carbocycles. The summed E-state index contributed by atoms with van der Waals surface area (Å²) in [4.78, 5) is 12.8. The molecule has 142 valence electrons. The lowest BCUT2D eigenvalue weighted by atomic mass is 9.79. The number of methoxy groups -OCH3 is 1. The fraction of sp³-hybridized carbons (Fsp3) is 0.286. The predicted octanol–water partition coefficient (Wildman–Crippen LogP) is 5.18. The molecule has 1 amide bonds. The minimum Gasteiger partial charge on any atom is -0.496 e. The van der Waals surface area contributed by atoms with Gasteiger partial charge in [-0.05, 0) is 42.2 Å². The number of anilines is 1. The standard InChI is InChI=1S/C21H20F3NO2/c1-3-7-14-15(13-8-4-5-11-19(13)27-2)12-16-17(21(22,23)24)9-6-10-18(16)25-20(14)26/h3-6,8-11,14-15H,1,7,12H2,2H3,(H,25,26)/t14-,15+/m1/s1. The van der Waals surface area contributed by atoms with Gasteiger partial charge in [0, 0.05) is 17.5 Å². The van der Waals surface area contributed by atoms with Crippen LogP contribution < -0.4 is 10.1 Å². The number of hydrogen-bond donors (Lipinski definition) is 1. The van der Waals surface area contributed by atoms with Gasteiger partial charge in [0.1, 0.15) is 5.75 Å². The van der Waals surface area contributed by atoms with Crippen molar-refractivity contribution in [3.63, 3.8) is 0 Å². The molecule has 0 unspecified atom stereocenters. The molecule has 0 radical (unpaired) electrons. The average molecular weight is 375 g/mol. The summed E-state index contributed by atoms with van der Waals surface area (Å²) in [6, 6.07) is 11.0. The van der Waals surface area contributed by atoms with E-state index < -0.39 is 23.6 Å². The lowest BCUT2D eigenvalue weighted by Gasteiger charge is -2.25. The largest absolute Gasteiger partial charge is 0.496 e. The van der Waals surface area contributed by atoms with Gasteiger partial charge in [0.25, 0.3) is 0 Å². The van der Waals surface area contributed by atoms with E-state index in [4.69, 9.17) is 4.74 Å². The summed E-state index contributed by atoms with van der Waals surface area (Å²) in [5.74, 6) is -0.780. The molecule has 0 saturated carbocycles. The number of rotatable bonds is 4. The van der Waals surface area contributed by atoms with Crippen LogP contribution in [0.4, 0.5) is 18.9 Å². The normalized spacial score (nSPS) is 19.6. The van der Waals surface area contributed by atoms with E-state index >= 15 is 0 Å². The number of hydrogen-bond acceptors (Lipinski definition) is 2. The van der Waals surface area contributed by atoms with Crippen molar-refractivity contribution in [3.8, 4) is 5.75 Å². The molecule has 3 nitrogen and oxygen atoms in total. The number of benzene rings is 2. The SMILES string of the molecule is C=CC[C@H]1C(=O)Nc2cccc(C(F)(F)F)c2C[C@H]1c1ccccc1OC. The van der Waals surface area contributed by atoms with Crippen LogP contribution in [0.1, 0.15) is 29.0 Å². The molecule has 0 saturated heterocycles. The van der Waals surface area contributed by atoms with Gasteiger partial charge in [-0.3, -0.25) is 4.79 Å². The van der Waals surface area contributed by atoms with Gasteiger partial charge >= 0.3 is 6.18 Å². The number of allylic oxidation sites excluding steroid dienone is 1. The van der Waals surface area contributed by atoms with Crippen LogP contribution in [0.5, 0.6) is 5.75 Å². The Morgan fingerprint density at radius 3 is 2.63 bits per heavy atom. The van der Waals surface area contributed by atoms with E-state index in [1.54, 1.807) is 30.3 Å². The first-order valence-electron chi connectivity index (χ1n) is 8.60. The van der Waals surface area contributed by atoms with Gasteiger partial charge in [-0.2, -0.15) is 13.2 Å². The highest BCUT2D eigenvalue weighted by atomic mass is 19.4. The number of amides is 1. The van der Waals surface area contributed by atoms with Crippen molar-refractivity contribution in [2.24, 2.45) is 5.92 Å². The molecule has 1 aliphatic rings. The van der Waals surface area contributed by atoms with Gasteiger partial charge < -0.3 is 10.1 Å². The summed E-state index contributed by atoms with van der Waals surface area (Å²) in [5, 5.41) is 2.68. The van der Waals surface area contributed by atoms with Crippen LogP contribution in [0, 0.1) is 5.92 Å². The van der Waals surface area contributed by atoms with Crippen molar-refractivity contribution in [3.05, 3.63) is 71.8 Å². The van der Waals surface area contributed by atoms with E-state index in [1.165, 1.54) is 19.2 Å². The lowest BCUT2D eigenvalue weighted by molar-refractivity contribution is -0.138. The van der Waals surface area contributed by atoms with E-state index in [1.807, 2.05) is 0 Å². The molecule has 1 heterocycles. The summed E-state index contributed by atoms with van der Waals surface area (Å²) < 4.78 is 46.1. The predicted molar refractivity (Wildman–Crippen MR) is 97.8 cm³/mol. The molecule has 1 aliphatic heterocycles. The van der Waals surface area contributed by atoms with E-state index in [0.29, 0.717) is 17.7 Å². The van der Waals surface area contributed by atoms with Gasteiger partial charge in [0.15, 0.2) is 0 Å². The zero-order valence-corrected chi connectivity index (χ0v) is 14.8. The van der Waals surface area contributed by atoms with E-state index in [2.05, 4.69) is 11.9 Å². The zero-order valence-electron chi connectivity index (χ0n) is 14.8. The van der Waals surface area contributed by atoms with Crippen molar-refractivity contribution in [2.45, 2.75) is 24.9 Å². The molecule has 0 fully saturated rings. The molecule has 2 aromatic rings. The molecular weight excluding hydrogens is 355 g/mol. The van der Waals surface area contributed by atoms with E-state index in [-0.39, 0.29) is 23.6 Å². The summed E-state index contributed by atoms with van der Waals surface area (Å²) in [6.45, 7) is 3.71. The summed E-state index contributed by atoms with van der Waals surface area (Å²) >= 11 is 0. The number of fused-ring (bicyclic) bond motifs is 1. The molecule has 0 spiro atoms. The lowest BCUT2D eigenvalue weighted by Crippen LogP contribution is -2.26. The molecule has 0 aliphatic carbocycles. The average Bonchev–Trinajstić information content (AvgIpc) is 2.77. The first-order valence-corrected chi connectivity index (χ1v) is 8.60. The van der Waals surface area contributed by atoms with Crippen LogP contribution in [0.25, 0.3) is 0 Å². The van der Waals surface area contributed by atoms with Crippen LogP contribution in [0.2, 0.25) is 0 Å². The second-order valence-electron chi connectivity index (χ2n) is 6.50. The molecule has 3 rings (SSSR count). The van der Waals surface area contributed by atoms with Crippen LogP contribution in [0.3, 0.4) is 0 Å². The van der Waals surface area contributed by atoms with E-state index in [9.17, 15) is 18.0 Å². The van der Waals surface area contributed by atoms with Crippen molar-refractivity contribution >= 4 is 11.6 Å². The summed E-state index contributed by atoms with van der Waals surface area (Å²) in [7, 11) is 1.51. The van der Waals surface area contributed by atoms with Gasteiger partial charge in [-0.15, -0.1) is 6.58 Å².